The summed E-state index contributed by atoms with van der Waals surface area (Å²) in [5, 5.41) is 0. The molecule has 0 aromatic heterocycles. The third-order valence-corrected chi connectivity index (χ3v) is 5.03. The Labute approximate surface area is 97.8 Å². The molecule has 0 spiro atoms. The second-order valence-corrected chi connectivity index (χ2v) is 6.55. The van der Waals surface area contributed by atoms with Crippen LogP contribution in [-0.2, 0) is 9.83 Å². The van der Waals surface area contributed by atoms with Gasteiger partial charge in [0, 0.05) is 11.6 Å². The van der Waals surface area contributed by atoms with Crippen molar-refractivity contribution in [3.05, 3.63) is 23.3 Å². The molecule has 1 nitrogen and oxygen atoms in total. The summed E-state index contributed by atoms with van der Waals surface area (Å²) >= 11 is 5.69. The fourth-order valence-electron chi connectivity index (χ4n) is 0.614. The molecule has 1 unspecified atom stereocenters. The normalized spacial score (nSPS) is 15.7. The quantitative estimate of drug-likeness (QED) is 0.409. The largest absolute Gasteiger partial charge is 0.248 e. The maximum atomic E-state index is 11.4. The van der Waals surface area contributed by atoms with Gasteiger partial charge in [0.1, 0.15) is 0 Å². The molecule has 0 bridgehead atoms. The van der Waals surface area contributed by atoms with E-state index in [0.29, 0.717) is 11.6 Å². The topological polar surface area (TPSA) is 17.1 Å². The second kappa shape index (κ2) is 8.57. The first kappa shape index (κ1) is 14.3. The highest BCUT2D eigenvalue weighted by Crippen LogP contribution is 2.16. The summed E-state index contributed by atoms with van der Waals surface area (Å²) in [5.41, 5.74) is 2.42. The van der Waals surface area contributed by atoms with Crippen LogP contribution in [0.25, 0.3) is 0 Å². The number of alkyl halides is 1. The van der Waals surface area contributed by atoms with Crippen molar-refractivity contribution in [3.63, 3.8) is 0 Å². The van der Waals surface area contributed by atoms with Crippen LogP contribution < -0.4 is 0 Å². The van der Waals surface area contributed by atoms with Crippen LogP contribution in [-0.4, -0.2) is 21.6 Å². The number of hydrogen-bond donors (Lipinski definition) is 0. The molecular formula is C10H17ClOS2. The zero-order chi connectivity index (χ0) is 11.0. The van der Waals surface area contributed by atoms with Gasteiger partial charge in [0.15, 0.2) is 0 Å². The van der Waals surface area contributed by atoms with E-state index in [1.54, 1.807) is 0 Å². The van der Waals surface area contributed by atoms with Gasteiger partial charge in [-0.15, -0.1) is 11.6 Å². The van der Waals surface area contributed by atoms with Crippen LogP contribution in [0.4, 0.5) is 0 Å². The molecule has 0 aliphatic rings. The summed E-state index contributed by atoms with van der Waals surface area (Å²) in [6.07, 6.45) is 3.85. The summed E-state index contributed by atoms with van der Waals surface area (Å²) in [7, 11) is 0.666. The standard InChI is InChI=1S/C10H17ClOS2/c1-4-5-6-14(12)13-8-10(3)9(2)7-11/h4-5H,6-8H2,1-3H3/b5-4+,10-9+. The summed E-state index contributed by atoms with van der Waals surface area (Å²) in [6.45, 7) is 5.99. The zero-order valence-electron chi connectivity index (χ0n) is 8.88. The Kier molecular flexibility index (Phi) is 8.73. The van der Waals surface area contributed by atoms with Crippen molar-refractivity contribution in [1.82, 2.24) is 0 Å². The summed E-state index contributed by atoms with van der Waals surface area (Å²) in [4.78, 5) is 0. The summed E-state index contributed by atoms with van der Waals surface area (Å²) < 4.78 is 11.4. The maximum Gasteiger partial charge on any atom is 0.0845 e. The van der Waals surface area contributed by atoms with Gasteiger partial charge in [0.2, 0.25) is 0 Å². The van der Waals surface area contributed by atoms with Gasteiger partial charge in [0.25, 0.3) is 0 Å². The molecule has 4 heteroatoms. The van der Waals surface area contributed by atoms with Crippen LogP contribution in [0.5, 0.6) is 0 Å². The lowest BCUT2D eigenvalue weighted by Gasteiger charge is -2.03. The molecule has 0 saturated heterocycles. The number of halogens is 1. The van der Waals surface area contributed by atoms with E-state index in [1.807, 2.05) is 32.9 Å². The average molecular weight is 253 g/mol. The van der Waals surface area contributed by atoms with Crippen molar-refractivity contribution < 1.29 is 4.21 Å². The first-order chi connectivity index (χ1) is 6.61. The molecule has 0 aliphatic heterocycles. The minimum Gasteiger partial charge on any atom is -0.248 e. The van der Waals surface area contributed by atoms with Crippen LogP contribution in [0.1, 0.15) is 20.8 Å². The summed E-state index contributed by atoms with van der Waals surface area (Å²) in [6, 6.07) is 0. The molecule has 0 heterocycles. The Bertz CT molecular complexity index is 247. The van der Waals surface area contributed by atoms with Gasteiger partial charge in [-0.25, -0.2) is 4.21 Å². The van der Waals surface area contributed by atoms with E-state index in [9.17, 15) is 4.21 Å². The lowest BCUT2D eigenvalue weighted by Crippen LogP contribution is -1.94. The molecule has 0 amide bonds. The SMILES string of the molecule is C/C=C/CS(=O)SC/C(C)=C(\C)CCl. The Morgan fingerprint density at radius 3 is 2.57 bits per heavy atom. The van der Waals surface area contributed by atoms with E-state index < -0.39 is 9.83 Å². The van der Waals surface area contributed by atoms with Gasteiger partial charge in [0.05, 0.1) is 15.6 Å². The van der Waals surface area contributed by atoms with E-state index in [1.165, 1.54) is 21.9 Å². The van der Waals surface area contributed by atoms with Crippen molar-refractivity contribution in [2.45, 2.75) is 20.8 Å². The predicted octanol–water partition coefficient (Wildman–Crippen LogP) is 3.53. The lowest BCUT2D eigenvalue weighted by atomic mass is 10.2. The van der Waals surface area contributed by atoms with Crippen molar-refractivity contribution in [2.75, 3.05) is 17.4 Å². The highest BCUT2D eigenvalue weighted by atomic mass is 35.5. The number of allylic oxidation sites excluding steroid dienone is 2. The molecule has 82 valence electrons. The average Bonchev–Trinajstić information content (AvgIpc) is 2.21. The molecule has 0 fully saturated rings. The molecule has 14 heavy (non-hydrogen) atoms. The van der Waals surface area contributed by atoms with E-state index in [0.717, 1.165) is 5.75 Å². The van der Waals surface area contributed by atoms with Crippen LogP contribution in [0.2, 0.25) is 0 Å². The second-order valence-electron chi connectivity index (χ2n) is 3.00. The van der Waals surface area contributed by atoms with Crippen LogP contribution in [0.3, 0.4) is 0 Å². The van der Waals surface area contributed by atoms with Gasteiger partial charge >= 0.3 is 0 Å². The van der Waals surface area contributed by atoms with Gasteiger partial charge in [-0.3, -0.25) is 0 Å². The van der Waals surface area contributed by atoms with Crippen molar-refractivity contribution in [3.8, 4) is 0 Å². The van der Waals surface area contributed by atoms with Gasteiger partial charge in [-0.05, 0) is 20.8 Å². The van der Waals surface area contributed by atoms with E-state index in [2.05, 4.69) is 0 Å². The number of rotatable bonds is 6. The van der Waals surface area contributed by atoms with E-state index >= 15 is 0 Å². The predicted molar refractivity (Wildman–Crippen MR) is 69.4 cm³/mol. The molecule has 0 radical (unpaired) electrons. The smallest absolute Gasteiger partial charge is 0.0845 e. The molecule has 0 N–H and O–H groups in total. The van der Waals surface area contributed by atoms with E-state index in [-0.39, 0.29) is 0 Å². The van der Waals surface area contributed by atoms with Crippen LogP contribution in [0.15, 0.2) is 23.3 Å². The lowest BCUT2D eigenvalue weighted by molar-refractivity contribution is 0.693. The van der Waals surface area contributed by atoms with Gasteiger partial charge in [-0.1, -0.05) is 34.1 Å². The van der Waals surface area contributed by atoms with Crippen molar-refractivity contribution in [2.24, 2.45) is 0 Å². The highest BCUT2D eigenvalue weighted by Gasteiger charge is 2.01. The fourth-order valence-corrected chi connectivity index (χ4v) is 3.29. The Hall–Kier alpha value is 0.270. The first-order valence-corrected chi connectivity index (χ1v) is 7.81. The van der Waals surface area contributed by atoms with E-state index in [4.69, 9.17) is 11.6 Å². The Morgan fingerprint density at radius 1 is 1.43 bits per heavy atom. The molecular weight excluding hydrogens is 236 g/mol. The van der Waals surface area contributed by atoms with Crippen LogP contribution >= 0.6 is 22.4 Å². The third kappa shape index (κ3) is 6.68. The highest BCUT2D eigenvalue weighted by molar-refractivity contribution is 8.69. The molecule has 0 saturated carbocycles. The number of hydrogen-bond acceptors (Lipinski definition) is 2. The molecule has 1 atom stereocenters. The zero-order valence-corrected chi connectivity index (χ0v) is 11.3. The van der Waals surface area contributed by atoms with Gasteiger partial charge in [-0.2, -0.15) is 0 Å². The fraction of sp³-hybridized carbons (Fsp3) is 0.600. The summed E-state index contributed by atoms with van der Waals surface area (Å²) in [5.74, 6) is 2.00. The maximum absolute atomic E-state index is 11.4. The monoisotopic (exact) mass is 252 g/mol. The van der Waals surface area contributed by atoms with Gasteiger partial charge < -0.3 is 0 Å². The Balaban J connectivity index is 3.88. The molecule has 0 aromatic rings. The molecule has 0 aliphatic carbocycles. The molecule has 0 aromatic carbocycles. The first-order valence-electron chi connectivity index (χ1n) is 4.45. The Morgan fingerprint density at radius 2 is 2.07 bits per heavy atom. The van der Waals surface area contributed by atoms with Crippen LogP contribution in [0, 0.1) is 0 Å². The third-order valence-electron chi connectivity index (χ3n) is 1.80. The minimum absolute atomic E-state index is 0.563. The minimum atomic E-state index is -0.806. The molecule has 0 rings (SSSR count). The van der Waals surface area contributed by atoms with Crippen molar-refractivity contribution in [1.29, 1.82) is 0 Å². The van der Waals surface area contributed by atoms with Crippen molar-refractivity contribution >= 4 is 32.2 Å².